The van der Waals surface area contributed by atoms with Gasteiger partial charge < -0.3 is 15.4 Å². The van der Waals surface area contributed by atoms with E-state index in [1.54, 1.807) is 6.92 Å². The Bertz CT molecular complexity index is 1120. The summed E-state index contributed by atoms with van der Waals surface area (Å²) in [5, 5.41) is 8.31. The number of thiocarbonyl (C=S) groups is 1. The molecule has 1 aromatic heterocycles. The van der Waals surface area contributed by atoms with Gasteiger partial charge in [0.15, 0.2) is 5.11 Å². The van der Waals surface area contributed by atoms with Crippen LogP contribution in [0.25, 0.3) is 11.1 Å². The molecule has 0 aliphatic carbocycles. The molecular formula is C25H26N2O3S2. The highest BCUT2D eigenvalue weighted by Gasteiger charge is 2.22. The molecule has 1 heterocycles. The fourth-order valence-corrected chi connectivity index (χ4v) is 4.45. The predicted molar refractivity (Wildman–Crippen MR) is 134 cm³/mol. The van der Waals surface area contributed by atoms with Crippen molar-refractivity contribution in [1.82, 2.24) is 5.32 Å². The minimum atomic E-state index is -0.428. The Morgan fingerprint density at radius 1 is 1.06 bits per heavy atom. The number of amides is 1. The zero-order valence-corrected chi connectivity index (χ0v) is 20.0. The number of rotatable bonds is 7. The first-order valence-electron chi connectivity index (χ1n) is 10.4. The van der Waals surface area contributed by atoms with Crippen LogP contribution in [0.1, 0.15) is 40.4 Å². The number of esters is 1. The summed E-state index contributed by atoms with van der Waals surface area (Å²) in [6.07, 6.45) is 0.939. The van der Waals surface area contributed by atoms with E-state index in [0.717, 1.165) is 22.3 Å². The van der Waals surface area contributed by atoms with Gasteiger partial charge in [-0.05, 0) is 61.7 Å². The average molecular weight is 467 g/mol. The van der Waals surface area contributed by atoms with Crippen molar-refractivity contribution in [1.29, 1.82) is 0 Å². The third kappa shape index (κ3) is 6.02. The molecule has 0 bridgehead atoms. The van der Waals surface area contributed by atoms with Crippen LogP contribution in [0, 0.1) is 13.8 Å². The van der Waals surface area contributed by atoms with Gasteiger partial charge in [0, 0.05) is 17.4 Å². The second-order valence-electron chi connectivity index (χ2n) is 7.36. The normalized spacial score (nSPS) is 10.5. The van der Waals surface area contributed by atoms with Crippen molar-refractivity contribution in [3.63, 3.8) is 0 Å². The Hall–Kier alpha value is -3.03. The molecule has 0 saturated carbocycles. The SMILES string of the molecule is CCOC(=O)c1c(-c2ccc(C)c(C)c2)csc1NC(=S)NC(=O)CCc1ccccc1. The van der Waals surface area contributed by atoms with Gasteiger partial charge in [0.2, 0.25) is 5.91 Å². The summed E-state index contributed by atoms with van der Waals surface area (Å²) in [7, 11) is 0. The second kappa shape index (κ2) is 11.0. The summed E-state index contributed by atoms with van der Waals surface area (Å²) < 4.78 is 5.29. The van der Waals surface area contributed by atoms with Gasteiger partial charge in [-0.2, -0.15) is 0 Å². The number of hydrogen-bond donors (Lipinski definition) is 2. The molecule has 3 aromatic rings. The number of hydrogen-bond acceptors (Lipinski definition) is 5. The van der Waals surface area contributed by atoms with Crippen molar-refractivity contribution in [2.24, 2.45) is 0 Å². The van der Waals surface area contributed by atoms with Crippen LogP contribution < -0.4 is 10.6 Å². The maximum absolute atomic E-state index is 12.7. The third-order valence-corrected chi connectivity index (χ3v) is 6.15. The van der Waals surface area contributed by atoms with Crippen LogP contribution in [0.4, 0.5) is 5.00 Å². The molecule has 0 aliphatic rings. The van der Waals surface area contributed by atoms with Crippen LogP contribution in [-0.2, 0) is 16.0 Å². The molecule has 0 atom stereocenters. The standard InChI is InChI=1S/C25H26N2O3S2/c1-4-30-24(29)22-20(19-12-10-16(2)17(3)14-19)15-32-23(22)27-25(31)26-21(28)13-11-18-8-6-5-7-9-18/h5-10,12,14-15H,4,11,13H2,1-3H3,(H2,26,27,28,31). The van der Waals surface area contributed by atoms with Crippen molar-refractivity contribution in [2.75, 3.05) is 11.9 Å². The lowest BCUT2D eigenvalue weighted by Crippen LogP contribution is -2.34. The van der Waals surface area contributed by atoms with E-state index in [1.165, 1.54) is 16.9 Å². The monoisotopic (exact) mass is 466 g/mol. The Kier molecular flexibility index (Phi) is 8.14. The summed E-state index contributed by atoms with van der Waals surface area (Å²) in [5.74, 6) is -0.613. The second-order valence-corrected chi connectivity index (χ2v) is 8.65. The molecule has 0 fully saturated rings. The number of aryl methyl sites for hydroxylation is 3. The van der Waals surface area contributed by atoms with Gasteiger partial charge in [-0.25, -0.2) is 4.79 Å². The van der Waals surface area contributed by atoms with Crippen molar-refractivity contribution >= 4 is 45.5 Å². The first-order valence-corrected chi connectivity index (χ1v) is 11.7. The summed E-state index contributed by atoms with van der Waals surface area (Å²) >= 11 is 6.68. The number of thiophene rings is 1. The van der Waals surface area contributed by atoms with Crippen molar-refractivity contribution in [3.05, 3.63) is 76.2 Å². The van der Waals surface area contributed by atoms with Gasteiger partial charge in [-0.1, -0.05) is 48.5 Å². The fourth-order valence-electron chi connectivity index (χ4n) is 3.20. The van der Waals surface area contributed by atoms with E-state index in [9.17, 15) is 9.59 Å². The Balaban J connectivity index is 1.74. The maximum atomic E-state index is 12.7. The third-order valence-electron chi connectivity index (χ3n) is 5.05. The van der Waals surface area contributed by atoms with Gasteiger partial charge in [-0.3, -0.25) is 4.79 Å². The van der Waals surface area contributed by atoms with E-state index in [4.69, 9.17) is 17.0 Å². The summed E-state index contributed by atoms with van der Waals surface area (Å²) in [5.41, 5.74) is 5.53. The maximum Gasteiger partial charge on any atom is 0.341 e. The zero-order chi connectivity index (χ0) is 23.1. The molecular weight excluding hydrogens is 440 g/mol. The quantitative estimate of drug-likeness (QED) is 0.348. The lowest BCUT2D eigenvalue weighted by molar-refractivity contribution is -0.119. The topological polar surface area (TPSA) is 67.4 Å². The van der Waals surface area contributed by atoms with Gasteiger partial charge in [-0.15, -0.1) is 11.3 Å². The van der Waals surface area contributed by atoms with Gasteiger partial charge in [0.25, 0.3) is 0 Å². The summed E-state index contributed by atoms with van der Waals surface area (Å²) in [4.78, 5) is 25.1. The molecule has 7 heteroatoms. The van der Waals surface area contributed by atoms with Crippen LogP contribution in [0.15, 0.2) is 53.9 Å². The molecule has 0 radical (unpaired) electrons. The van der Waals surface area contributed by atoms with Gasteiger partial charge in [0.1, 0.15) is 10.6 Å². The molecule has 166 valence electrons. The van der Waals surface area contributed by atoms with E-state index in [1.807, 2.05) is 67.8 Å². The molecule has 0 aliphatic heterocycles. The number of ether oxygens (including phenoxy) is 1. The molecule has 0 unspecified atom stereocenters. The van der Waals surface area contributed by atoms with E-state index >= 15 is 0 Å². The lowest BCUT2D eigenvalue weighted by atomic mass is 9.99. The first-order chi connectivity index (χ1) is 15.4. The van der Waals surface area contributed by atoms with Gasteiger partial charge >= 0.3 is 5.97 Å². The highest BCUT2D eigenvalue weighted by atomic mass is 32.1. The Morgan fingerprint density at radius 2 is 1.81 bits per heavy atom. The average Bonchev–Trinajstić information content (AvgIpc) is 3.18. The van der Waals surface area contributed by atoms with Crippen LogP contribution in [0.5, 0.6) is 0 Å². The first kappa shape index (κ1) is 23.6. The van der Waals surface area contributed by atoms with E-state index < -0.39 is 5.97 Å². The van der Waals surface area contributed by atoms with E-state index in [0.29, 0.717) is 23.4 Å². The molecule has 5 nitrogen and oxygen atoms in total. The van der Waals surface area contributed by atoms with Crippen LogP contribution >= 0.6 is 23.6 Å². The number of anilines is 1. The van der Waals surface area contributed by atoms with Crippen LogP contribution in [-0.4, -0.2) is 23.6 Å². The van der Waals surface area contributed by atoms with Crippen LogP contribution in [0.2, 0.25) is 0 Å². The number of carbonyl (C=O) groups excluding carboxylic acids is 2. The summed E-state index contributed by atoms with van der Waals surface area (Å²) in [6, 6.07) is 15.9. The van der Waals surface area contributed by atoms with Gasteiger partial charge in [0.05, 0.1) is 6.61 Å². The highest BCUT2D eigenvalue weighted by Crippen LogP contribution is 2.37. The lowest BCUT2D eigenvalue weighted by Gasteiger charge is -2.12. The molecule has 0 saturated heterocycles. The molecule has 1 amide bonds. The Labute approximate surface area is 197 Å². The molecule has 0 spiro atoms. The zero-order valence-electron chi connectivity index (χ0n) is 18.4. The Morgan fingerprint density at radius 3 is 2.50 bits per heavy atom. The molecule has 2 aromatic carbocycles. The molecule has 2 N–H and O–H groups in total. The highest BCUT2D eigenvalue weighted by molar-refractivity contribution is 7.80. The minimum Gasteiger partial charge on any atom is -0.462 e. The van der Waals surface area contributed by atoms with Crippen molar-refractivity contribution < 1.29 is 14.3 Å². The van der Waals surface area contributed by atoms with E-state index in [-0.39, 0.29) is 17.6 Å². The molecule has 32 heavy (non-hydrogen) atoms. The summed E-state index contributed by atoms with van der Waals surface area (Å²) in [6.45, 7) is 6.12. The van der Waals surface area contributed by atoms with E-state index in [2.05, 4.69) is 10.6 Å². The number of carbonyl (C=O) groups is 2. The predicted octanol–water partition coefficient (Wildman–Crippen LogP) is 5.65. The minimum absolute atomic E-state index is 0.155. The smallest absolute Gasteiger partial charge is 0.341 e. The van der Waals surface area contributed by atoms with Crippen molar-refractivity contribution in [3.8, 4) is 11.1 Å². The molecule has 3 rings (SSSR count). The number of benzene rings is 2. The number of nitrogens with one attached hydrogen (secondary N) is 2. The fraction of sp³-hybridized carbons (Fsp3) is 0.240. The van der Waals surface area contributed by atoms with Crippen LogP contribution in [0.3, 0.4) is 0 Å². The largest absolute Gasteiger partial charge is 0.462 e. The van der Waals surface area contributed by atoms with Crippen molar-refractivity contribution in [2.45, 2.75) is 33.6 Å².